The fraction of sp³-hybridized carbons (Fsp3) is 0.222. The minimum atomic E-state index is -0.160. The van der Waals surface area contributed by atoms with Crippen LogP contribution in [0.5, 0.6) is 11.5 Å². The lowest BCUT2D eigenvalue weighted by Crippen LogP contribution is -2.26. The number of halogens is 1. The van der Waals surface area contributed by atoms with E-state index in [2.05, 4.69) is 22.5 Å². The molecule has 1 heterocycles. The number of hydrogen-bond donors (Lipinski definition) is 0. The fourth-order valence-electron chi connectivity index (χ4n) is 2.48. The van der Waals surface area contributed by atoms with Crippen molar-refractivity contribution in [3.8, 4) is 11.5 Å². The van der Waals surface area contributed by atoms with Crippen molar-refractivity contribution in [1.29, 1.82) is 0 Å². The first-order valence-electron chi connectivity index (χ1n) is 7.06. The van der Waals surface area contributed by atoms with Gasteiger partial charge in [0.05, 0.1) is 13.7 Å². The SMILES string of the molecule is C=C1Oc2c(cc(Br)cc2OC)C[C@H]1OCc1ccccc1. The monoisotopic (exact) mass is 360 g/mol. The van der Waals surface area contributed by atoms with Crippen molar-refractivity contribution in [1.82, 2.24) is 0 Å². The van der Waals surface area contributed by atoms with E-state index in [1.165, 1.54) is 0 Å². The minimum Gasteiger partial charge on any atom is -0.493 e. The Morgan fingerprint density at radius 1 is 1.27 bits per heavy atom. The second-order valence-corrected chi connectivity index (χ2v) is 6.07. The molecular weight excluding hydrogens is 344 g/mol. The van der Waals surface area contributed by atoms with Crippen molar-refractivity contribution < 1.29 is 14.2 Å². The zero-order chi connectivity index (χ0) is 15.5. The minimum absolute atomic E-state index is 0.160. The quantitative estimate of drug-likeness (QED) is 0.803. The van der Waals surface area contributed by atoms with Gasteiger partial charge in [0.1, 0.15) is 11.9 Å². The molecule has 1 atom stereocenters. The normalized spacial score (nSPS) is 16.8. The van der Waals surface area contributed by atoms with E-state index in [0.29, 0.717) is 18.1 Å². The molecule has 4 heteroatoms. The Balaban J connectivity index is 1.76. The van der Waals surface area contributed by atoms with Crippen molar-refractivity contribution in [2.24, 2.45) is 0 Å². The number of rotatable bonds is 4. The Morgan fingerprint density at radius 3 is 2.77 bits per heavy atom. The molecule has 0 saturated carbocycles. The molecule has 1 aliphatic rings. The molecule has 0 unspecified atom stereocenters. The summed E-state index contributed by atoms with van der Waals surface area (Å²) in [5.74, 6) is 2.05. The molecular formula is C18H17BrO3. The molecule has 22 heavy (non-hydrogen) atoms. The molecule has 3 rings (SSSR count). The second kappa shape index (κ2) is 6.55. The van der Waals surface area contributed by atoms with Gasteiger partial charge in [-0.15, -0.1) is 0 Å². The maximum absolute atomic E-state index is 5.97. The topological polar surface area (TPSA) is 27.7 Å². The molecule has 0 N–H and O–H groups in total. The van der Waals surface area contributed by atoms with Crippen LogP contribution in [0, 0.1) is 0 Å². The van der Waals surface area contributed by atoms with E-state index in [9.17, 15) is 0 Å². The number of hydrogen-bond acceptors (Lipinski definition) is 3. The molecule has 2 aromatic carbocycles. The van der Waals surface area contributed by atoms with Gasteiger partial charge in [0, 0.05) is 16.5 Å². The van der Waals surface area contributed by atoms with Gasteiger partial charge in [-0.2, -0.15) is 0 Å². The van der Waals surface area contributed by atoms with Crippen molar-refractivity contribution in [3.05, 3.63) is 70.4 Å². The van der Waals surface area contributed by atoms with E-state index >= 15 is 0 Å². The van der Waals surface area contributed by atoms with E-state index in [-0.39, 0.29) is 6.10 Å². The molecule has 3 nitrogen and oxygen atoms in total. The highest BCUT2D eigenvalue weighted by Gasteiger charge is 2.27. The van der Waals surface area contributed by atoms with Crippen LogP contribution in [0.25, 0.3) is 0 Å². The lowest BCUT2D eigenvalue weighted by Gasteiger charge is -2.28. The summed E-state index contributed by atoms with van der Waals surface area (Å²) in [7, 11) is 1.63. The van der Waals surface area contributed by atoms with Gasteiger partial charge in [0.2, 0.25) is 0 Å². The Labute approximate surface area is 138 Å². The largest absolute Gasteiger partial charge is 0.493 e. The average molecular weight is 361 g/mol. The molecule has 0 fully saturated rings. The van der Waals surface area contributed by atoms with Gasteiger partial charge in [0.15, 0.2) is 11.5 Å². The molecule has 0 aliphatic carbocycles. The molecule has 0 spiro atoms. The summed E-state index contributed by atoms with van der Waals surface area (Å²) in [4.78, 5) is 0. The molecule has 1 aliphatic heterocycles. The van der Waals surface area contributed by atoms with Gasteiger partial charge in [-0.05, 0) is 17.7 Å². The van der Waals surface area contributed by atoms with Gasteiger partial charge in [-0.1, -0.05) is 52.8 Å². The van der Waals surface area contributed by atoms with E-state index < -0.39 is 0 Å². The van der Waals surface area contributed by atoms with Gasteiger partial charge < -0.3 is 14.2 Å². The highest BCUT2D eigenvalue weighted by Crippen LogP contribution is 2.40. The third kappa shape index (κ3) is 3.18. The summed E-state index contributed by atoms with van der Waals surface area (Å²) in [6.07, 6.45) is 0.559. The molecule has 0 radical (unpaired) electrons. The summed E-state index contributed by atoms with van der Waals surface area (Å²) in [6.45, 7) is 4.53. The summed E-state index contributed by atoms with van der Waals surface area (Å²) in [6, 6.07) is 14.0. The van der Waals surface area contributed by atoms with E-state index in [1.807, 2.05) is 42.5 Å². The first kappa shape index (κ1) is 15.1. The van der Waals surface area contributed by atoms with Crippen LogP contribution in [-0.4, -0.2) is 13.2 Å². The maximum atomic E-state index is 5.97. The van der Waals surface area contributed by atoms with Crippen LogP contribution in [0.2, 0.25) is 0 Å². The first-order chi connectivity index (χ1) is 10.7. The number of ether oxygens (including phenoxy) is 3. The van der Waals surface area contributed by atoms with E-state index in [1.54, 1.807) is 7.11 Å². The lowest BCUT2D eigenvalue weighted by molar-refractivity contribution is 0.0344. The van der Waals surface area contributed by atoms with Crippen molar-refractivity contribution in [2.45, 2.75) is 19.1 Å². The van der Waals surface area contributed by atoms with Crippen LogP contribution < -0.4 is 9.47 Å². The Bertz CT molecular complexity index is 682. The smallest absolute Gasteiger partial charge is 0.172 e. The first-order valence-corrected chi connectivity index (χ1v) is 7.85. The molecule has 0 amide bonds. The fourth-order valence-corrected chi connectivity index (χ4v) is 2.96. The standard InChI is InChI=1S/C18H17BrO3/c1-12-16(21-11-13-6-4-3-5-7-13)9-14-8-15(19)10-17(20-2)18(14)22-12/h3-8,10,16H,1,9,11H2,2H3/t16-/m1/s1. The Morgan fingerprint density at radius 2 is 2.05 bits per heavy atom. The van der Waals surface area contributed by atoms with Gasteiger partial charge in [0.25, 0.3) is 0 Å². The van der Waals surface area contributed by atoms with Crippen LogP contribution in [-0.2, 0) is 17.8 Å². The van der Waals surface area contributed by atoms with E-state index in [0.717, 1.165) is 27.8 Å². The summed E-state index contributed by atoms with van der Waals surface area (Å²) < 4.78 is 18.1. The lowest BCUT2D eigenvalue weighted by atomic mass is 10.0. The summed E-state index contributed by atoms with van der Waals surface area (Å²) in [5, 5.41) is 0. The zero-order valence-electron chi connectivity index (χ0n) is 12.3. The van der Waals surface area contributed by atoms with Crippen molar-refractivity contribution >= 4 is 15.9 Å². The Kier molecular flexibility index (Phi) is 4.50. The third-order valence-corrected chi connectivity index (χ3v) is 4.07. The second-order valence-electron chi connectivity index (χ2n) is 5.15. The maximum Gasteiger partial charge on any atom is 0.172 e. The van der Waals surface area contributed by atoms with Crippen molar-refractivity contribution in [3.63, 3.8) is 0 Å². The number of methoxy groups -OCH3 is 1. The highest BCUT2D eigenvalue weighted by atomic mass is 79.9. The van der Waals surface area contributed by atoms with Crippen LogP contribution in [0.1, 0.15) is 11.1 Å². The van der Waals surface area contributed by atoms with E-state index in [4.69, 9.17) is 14.2 Å². The average Bonchev–Trinajstić information content (AvgIpc) is 2.53. The highest BCUT2D eigenvalue weighted by molar-refractivity contribution is 9.10. The van der Waals surface area contributed by atoms with Crippen molar-refractivity contribution in [2.75, 3.05) is 7.11 Å². The number of benzene rings is 2. The predicted octanol–water partition coefficient (Wildman–Crippen LogP) is 4.49. The van der Waals surface area contributed by atoms with Gasteiger partial charge >= 0.3 is 0 Å². The van der Waals surface area contributed by atoms with Crippen LogP contribution in [0.3, 0.4) is 0 Å². The predicted molar refractivity (Wildman–Crippen MR) is 89.2 cm³/mol. The van der Waals surface area contributed by atoms with Gasteiger partial charge in [-0.3, -0.25) is 0 Å². The molecule has 2 aromatic rings. The molecule has 114 valence electrons. The van der Waals surface area contributed by atoms with Gasteiger partial charge in [-0.25, -0.2) is 0 Å². The Hall–Kier alpha value is -1.78. The molecule has 0 saturated heterocycles. The van der Waals surface area contributed by atoms with Crippen LogP contribution >= 0.6 is 15.9 Å². The summed E-state index contributed by atoms with van der Waals surface area (Å²) in [5.41, 5.74) is 2.18. The zero-order valence-corrected chi connectivity index (χ0v) is 13.9. The number of fused-ring (bicyclic) bond motifs is 1. The molecule has 0 aromatic heterocycles. The third-order valence-electron chi connectivity index (χ3n) is 3.61. The summed E-state index contributed by atoms with van der Waals surface area (Å²) >= 11 is 3.49. The molecule has 0 bridgehead atoms. The van der Waals surface area contributed by atoms with Crippen LogP contribution in [0.4, 0.5) is 0 Å². The van der Waals surface area contributed by atoms with Crippen LogP contribution in [0.15, 0.2) is 59.3 Å².